The van der Waals surface area contributed by atoms with Gasteiger partial charge < -0.3 is 9.80 Å². The Morgan fingerprint density at radius 3 is 2.34 bits per heavy atom. The summed E-state index contributed by atoms with van der Waals surface area (Å²) in [4.78, 5) is 32.2. The van der Waals surface area contributed by atoms with Crippen molar-refractivity contribution in [3.8, 4) is 0 Å². The maximum atomic E-state index is 12.4. The third kappa shape index (κ3) is 5.84. The molecule has 0 saturated carbocycles. The normalized spacial score (nSPS) is 15.2. The number of benzene rings is 1. The molecule has 1 aromatic carbocycles. The maximum Gasteiger partial charge on any atom is 0.267 e. The number of piperazine rings is 1. The first kappa shape index (κ1) is 20.4. The number of pyridine rings is 1. The van der Waals surface area contributed by atoms with Crippen molar-refractivity contribution < 1.29 is 14.8 Å². The van der Waals surface area contributed by atoms with E-state index in [1.54, 1.807) is 24.4 Å². The number of anilines is 1. The van der Waals surface area contributed by atoms with Crippen molar-refractivity contribution >= 4 is 29.5 Å². The zero-order chi connectivity index (χ0) is 20.6. The van der Waals surface area contributed by atoms with E-state index in [4.69, 9.17) is 5.21 Å². The van der Waals surface area contributed by atoms with E-state index in [2.05, 4.69) is 21.8 Å². The second-order valence-electron chi connectivity index (χ2n) is 6.86. The molecule has 7 nitrogen and oxygen atoms in total. The lowest BCUT2D eigenvalue weighted by atomic mass is 10.1. The third-order valence-corrected chi connectivity index (χ3v) is 4.77. The van der Waals surface area contributed by atoms with Crippen molar-refractivity contribution in [2.24, 2.45) is 0 Å². The SMILES string of the molecule is CN1CCN(c2ccc(C(=O)C=Cc3ccc(C=CC(=O)NO)nc3)cc2)CC1. The molecular weight excluding hydrogens is 368 g/mol. The van der Waals surface area contributed by atoms with E-state index in [9.17, 15) is 9.59 Å². The van der Waals surface area contributed by atoms with E-state index in [0.29, 0.717) is 11.3 Å². The summed E-state index contributed by atoms with van der Waals surface area (Å²) < 4.78 is 0. The van der Waals surface area contributed by atoms with Gasteiger partial charge in [-0.05, 0) is 61.2 Å². The fourth-order valence-electron chi connectivity index (χ4n) is 2.98. The zero-order valence-corrected chi connectivity index (χ0v) is 16.3. The second kappa shape index (κ2) is 9.77. The highest BCUT2D eigenvalue weighted by Crippen LogP contribution is 2.17. The Balaban J connectivity index is 1.58. The Morgan fingerprint density at radius 2 is 1.72 bits per heavy atom. The number of ketones is 1. The number of allylic oxidation sites excluding steroid dienone is 1. The Morgan fingerprint density at radius 1 is 1.00 bits per heavy atom. The molecular formula is C22H24N4O3. The molecule has 2 N–H and O–H groups in total. The quantitative estimate of drug-likeness (QED) is 0.339. The van der Waals surface area contributed by atoms with Gasteiger partial charge in [-0.1, -0.05) is 6.07 Å². The standard InChI is InChI=1S/C22H24N4O3/c1-25-12-14-26(15-13-25)20-8-4-18(5-9-20)21(27)10-3-17-2-6-19(23-16-17)7-11-22(28)24-29/h2-11,16,29H,12-15H2,1H3,(H,24,28). The highest BCUT2D eigenvalue weighted by atomic mass is 16.5. The van der Waals surface area contributed by atoms with E-state index in [0.717, 1.165) is 37.4 Å². The van der Waals surface area contributed by atoms with Crippen LogP contribution in [0.15, 0.2) is 54.7 Å². The van der Waals surface area contributed by atoms with Gasteiger partial charge in [0.15, 0.2) is 5.78 Å². The zero-order valence-electron chi connectivity index (χ0n) is 16.3. The Kier molecular flexibility index (Phi) is 6.89. The number of rotatable bonds is 6. The minimum atomic E-state index is -0.625. The molecule has 0 spiro atoms. The predicted octanol–water partition coefficient (Wildman–Crippen LogP) is 2.25. The van der Waals surface area contributed by atoms with E-state index in [1.807, 2.05) is 24.3 Å². The van der Waals surface area contributed by atoms with Gasteiger partial charge >= 0.3 is 0 Å². The van der Waals surface area contributed by atoms with E-state index in [1.165, 1.54) is 23.7 Å². The fourth-order valence-corrected chi connectivity index (χ4v) is 2.98. The average molecular weight is 392 g/mol. The van der Waals surface area contributed by atoms with Crippen molar-refractivity contribution in [2.45, 2.75) is 0 Å². The van der Waals surface area contributed by atoms with E-state index >= 15 is 0 Å². The van der Waals surface area contributed by atoms with Crippen LogP contribution in [0.4, 0.5) is 5.69 Å². The number of amides is 1. The van der Waals surface area contributed by atoms with Gasteiger partial charge in [-0.15, -0.1) is 0 Å². The first-order valence-corrected chi connectivity index (χ1v) is 9.39. The molecule has 29 heavy (non-hydrogen) atoms. The molecule has 0 radical (unpaired) electrons. The highest BCUT2D eigenvalue weighted by Gasteiger charge is 2.14. The van der Waals surface area contributed by atoms with Crippen molar-refractivity contribution in [2.75, 3.05) is 38.1 Å². The lowest BCUT2D eigenvalue weighted by molar-refractivity contribution is -0.124. The van der Waals surface area contributed by atoms with Gasteiger partial charge in [-0.2, -0.15) is 0 Å². The van der Waals surface area contributed by atoms with Crippen LogP contribution in [0, 0.1) is 0 Å². The van der Waals surface area contributed by atoms with Gasteiger partial charge in [0.2, 0.25) is 0 Å². The van der Waals surface area contributed by atoms with Crippen LogP contribution in [0.5, 0.6) is 0 Å². The molecule has 1 aromatic heterocycles. The molecule has 0 bridgehead atoms. The molecule has 0 aliphatic carbocycles. The molecule has 0 atom stereocenters. The lowest BCUT2D eigenvalue weighted by Gasteiger charge is -2.34. The summed E-state index contributed by atoms with van der Waals surface area (Å²) >= 11 is 0. The van der Waals surface area contributed by atoms with E-state index in [-0.39, 0.29) is 5.78 Å². The number of nitrogens with zero attached hydrogens (tertiary/aromatic N) is 3. The Labute approximate surface area is 169 Å². The van der Waals surface area contributed by atoms with Crippen LogP contribution in [0.2, 0.25) is 0 Å². The summed E-state index contributed by atoms with van der Waals surface area (Å²) in [6, 6.07) is 11.2. The summed E-state index contributed by atoms with van der Waals surface area (Å²) in [5.74, 6) is -0.696. The number of hydrogen-bond acceptors (Lipinski definition) is 6. The number of hydrogen-bond donors (Lipinski definition) is 2. The van der Waals surface area contributed by atoms with Gasteiger partial charge in [-0.25, -0.2) is 5.48 Å². The van der Waals surface area contributed by atoms with Crippen LogP contribution < -0.4 is 10.4 Å². The van der Waals surface area contributed by atoms with Gasteiger partial charge in [0.05, 0.1) is 5.69 Å². The van der Waals surface area contributed by atoms with Crippen molar-refractivity contribution in [1.29, 1.82) is 0 Å². The van der Waals surface area contributed by atoms with E-state index < -0.39 is 5.91 Å². The number of likely N-dealkylation sites (N-methyl/N-ethyl adjacent to an activating group) is 1. The van der Waals surface area contributed by atoms with Gasteiger partial charge in [0.25, 0.3) is 5.91 Å². The maximum absolute atomic E-state index is 12.4. The molecule has 1 aliphatic heterocycles. The molecule has 3 rings (SSSR count). The van der Waals surface area contributed by atoms with Crippen molar-refractivity contribution in [1.82, 2.24) is 15.4 Å². The summed E-state index contributed by atoms with van der Waals surface area (Å²) in [5, 5.41) is 8.45. The van der Waals surface area contributed by atoms with Gasteiger partial charge in [-0.3, -0.25) is 19.8 Å². The lowest BCUT2D eigenvalue weighted by Crippen LogP contribution is -2.44. The van der Waals surface area contributed by atoms with Crippen LogP contribution in [0.1, 0.15) is 21.6 Å². The topological polar surface area (TPSA) is 85.8 Å². The largest absolute Gasteiger partial charge is 0.369 e. The highest BCUT2D eigenvalue weighted by molar-refractivity contribution is 6.07. The summed E-state index contributed by atoms with van der Waals surface area (Å²) in [6.07, 6.45) is 7.49. The number of carbonyl (C=O) groups excluding carboxylic acids is 2. The molecule has 1 aliphatic rings. The Bertz CT molecular complexity index is 897. The summed E-state index contributed by atoms with van der Waals surface area (Å²) in [6.45, 7) is 4.07. The minimum absolute atomic E-state index is 0.0708. The van der Waals surface area contributed by atoms with Crippen LogP contribution >= 0.6 is 0 Å². The number of nitrogens with one attached hydrogen (secondary N) is 1. The van der Waals surface area contributed by atoms with Crippen LogP contribution in [-0.4, -0.2) is 60.0 Å². The molecule has 1 amide bonds. The van der Waals surface area contributed by atoms with Crippen LogP contribution in [0.25, 0.3) is 12.2 Å². The minimum Gasteiger partial charge on any atom is -0.369 e. The summed E-state index contributed by atoms with van der Waals surface area (Å²) in [7, 11) is 2.13. The smallest absolute Gasteiger partial charge is 0.267 e. The monoisotopic (exact) mass is 392 g/mol. The molecule has 2 heterocycles. The first-order chi connectivity index (χ1) is 14.0. The molecule has 1 saturated heterocycles. The fraction of sp³-hybridized carbons (Fsp3) is 0.227. The third-order valence-electron chi connectivity index (χ3n) is 4.77. The molecule has 2 aromatic rings. The molecule has 1 fully saturated rings. The molecule has 0 unspecified atom stereocenters. The number of aromatic nitrogens is 1. The summed E-state index contributed by atoms with van der Waals surface area (Å²) in [5.41, 5.74) is 4.63. The van der Waals surface area contributed by atoms with Crippen molar-refractivity contribution in [3.05, 3.63) is 71.6 Å². The average Bonchev–Trinajstić information content (AvgIpc) is 2.77. The second-order valence-corrected chi connectivity index (χ2v) is 6.86. The molecule has 7 heteroatoms. The van der Waals surface area contributed by atoms with Gasteiger partial charge in [0, 0.05) is 49.7 Å². The Hall–Kier alpha value is -3.29. The van der Waals surface area contributed by atoms with Crippen LogP contribution in [0.3, 0.4) is 0 Å². The predicted molar refractivity (Wildman–Crippen MR) is 113 cm³/mol. The molecule has 150 valence electrons. The van der Waals surface area contributed by atoms with Crippen molar-refractivity contribution in [3.63, 3.8) is 0 Å². The number of carbonyl (C=O) groups is 2. The van der Waals surface area contributed by atoms with Gasteiger partial charge in [0.1, 0.15) is 0 Å². The van der Waals surface area contributed by atoms with Crippen LogP contribution in [-0.2, 0) is 4.79 Å². The number of hydroxylamine groups is 1. The first-order valence-electron chi connectivity index (χ1n) is 9.39.